The summed E-state index contributed by atoms with van der Waals surface area (Å²) in [6.45, 7) is 11.8. The van der Waals surface area contributed by atoms with Gasteiger partial charge < -0.3 is 15.1 Å². The van der Waals surface area contributed by atoms with E-state index in [1.807, 2.05) is 0 Å². The SMILES string of the molecule is C=C1[C@H](O)CC(=C/C=C2\CCC[C@]3(C)[C@@H](C(C)CN4CCC(CC(F)F)CC4)CC[C@@H]23)C[C@H]1O. The normalized spacial score (nSPS) is 37.9. The van der Waals surface area contributed by atoms with Gasteiger partial charge in [0.05, 0.1) is 12.2 Å². The highest BCUT2D eigenvalue weighted by molar-refractivity contribution is 5.29. The zero-order valence-corrected chi connectivity index (χ0v) is 21.2. The largest absolute Gasteiger partial charge is 0.388 e. The van der Waals surface area contributed by atoms with Gasteiger partial charge in [0.25, 0.3) is 0 Å². The summed E-state index contributed by atoms with van der Waals surface area (Å²) in [5.41, 5.74) is 3.54. The second kappa shape index (κ2) is 10.9. The predicted molar refractivity (Wildman–Crippen MR) is 134 cm³/mol. The van der Waals surface area contributed by atoms with E-state index in [0.29, 0.717) is 41.6 Å². The molecular formula is C29H45F2NO2. The van der Waals surface area contributed by atoms with E-state index in [1.165, 1.54) is 25.7 Å². The second-order valence-corrected chi connectivity index (χ2v) is 12.0. The second-order valence-electron chi connectivity index (χ2n) is 12.0. The summed E-state index contributed by atoms with van der Waals surface area (Å²) in [6, 6.07) is 0. The Morgan fingerprint density at radius 1 is 1.09 bits per heavy atom. The van der Waals surface area contributed by atoms with E-state index in [1.54, 1.807) is 5.57 Å². The van der Waals surface area contributed by atoms with Crippen LogP contribution < -0.4 is 0 Å². The maximum Gasteiger partial charge on any atom is 0.238 e. The highest BCUT2D eigenvalue weighted by Gasteiger charge is 2.50. The van der Waals surface area contributed by atoms with Crippen molar-refractivity contribution in [2.75, 3.05) is 19.6 Å². The molecule has 192 valence electrons. The van der Waals surface area contributed by atoms with Crippen molar-refractivity contribution in [1.82, 2.24) is 4.90 Å². The molecule has 3 saturated carbocycles. The molecule has 34 heavy (non-hydrogen) atoms. The third-order valence-corrected chi connectivity index (χ3v) is 9.79. The lowest BCUT2D eigenvalue weighted by Gasteiger charge is -2.45. The number of nitrogens with zero attached hydrogens (tertiary/aromatic N) is 1. The first kappa shape index (κ1) is 26.0. The number of allylic oxidation sites excluding steroid dienone is 3. The number of hydrogen-bond donors (Lipinski definition) is 2. The Morgan fingerprint density at radius 3 is 2.41 bits per heavy atom. The van der Waals surface area contributed by atoms with Gasteiger partial charge in [-0.3, -0.25) is 0 Å². The van der Waals surface area contributed by atoms with Gasteiger partial charge >= 0.3 is 0 Å². The third-order valence-electron chi connectivity index (χ3n) is 9.79. The van der Waals surface area contributed by atoms with Gasteiger partial charge in [-0.1, -0.05) is 43.7 Å². The molecule has 0 aromatic carbocycles. The number of piperidine rings is 1. The minimum atomic E-state index is -2.16. The maximum absolute atomic E-state index is 12.7. The highest BCUT2D eigenvalue weighted by Crippen LogP contribution is 2.59. The van der Waals surface area contributed by atoms with Crippen molar-refractivity contribution >= 4 is 0 Å². The van der Waals surface area contributed by atoms with Crippen molar-refractivity contribution in [3.63, 3.8) is 0 Å². The van der Waals surface area contributed by atoms with E-state index in [4.69, 9.17) is 0 Å². The molecule has 1 saturated heterocycles. The van der Waals surface area contributed by atoms with E-state index >= 15 is 0 Å². The first-order valence-electron chi connectivity index (χ1n) is 13.6. The molecule has 1 aliphatic heterocycles. The Kier molecular flexibility index (Phi) is 8.36. The summed E-state index contributed by atoms with van der Waals surface area (Å²) in [7, 11) is 0. The smallest absolute Gasteiger partial charge is 0.238 e. The summed E-state index contributed by atoms with van der Waals surface area (Å²) in [5.74, 6) is 2.14. The van der Waals surface area contributed by atoms with Gasteiger partial charge in [-0.15, -0.1) is 0 Å². The monoisotopic (exact) mass is 477 g/mol. The van der Waals surface area contributed by atoms with Crippen molar-refractivity contribution in [1.29, 1.82) is 0 Å². The van der Waals surface area contributed by atoms with Gasteiger partial charge in [0, 0.05) is 13.0 Å². The van der Waals surface area contributed by atoms with Crippen LogP contribution in [0.1, 0.15) is 78.1 Å². The van der Waals surface area contributed by atoms with Crippen LogP contribution in [0.5, 0.6) is 0 Å². The average Bonchev–Trinajstić information content (AvgIpc) is 3.14. The van der Waals surface area contributed by atoms with E-state index in [0.717, 1.165) is 44.5 Å². The van der Waals surface area contributed by atoms with Gasteiger partial charge in [-0.05, 0) is 106 Å². The van der Waals surface area contributed by atoms with Crippen LogP contribution in [0.2, 0.25) is 0 Å². The summed E-state index contributed by atoms with van der Waals surface area (Å²) in [5, 5.41) is 20.3. The molecule has 1 unspecified atom stereocenters. The van der Waals surface area contributed by atoms with Crippen molar-refractivity contribution in [2.24, 2.45) is 29.1 Å². The van der Waals surface area contributed by atoms with E-state index in [-0.39, 0.29) is 12.3 Å². The molecule has 1 heterocycles. The van der Waals surface area contributed by atoms with E-state index in [2.05, 4.69) is 37.5 Å². The predicted octanol–water partition coefficient (Wildman–Crippen LogP) is 6.13. The lowest BCUT2D eigenvalue weighted by molar-refractivity contribution is 0.0566. The Bertz CT molecular complexity index is 769. The molecule has 4 aliphatic rings. The molecule has 5 heteroatoms. The van der Waals surface area contributed by atoms with Crippen molar-refractivity contribution in [3.8, 4) is 0 Å². The zero-order valence-electron chi connectivity index (χ0n) is 21.2. The Labute approximate surface area is 205 Å². The van der Waals surface area contributed by atoms with Gasteiger partial charge in [0.1, 0.15) is 0 Å². The molecule has 4 fully saturated rings. The lowest BCUT2D eigenvalue weighted by Crippen LogP contribution is -2.42. The minimum Gasteiger partial charge on any atom is -0.388 e. The first-order chi connectivity index (χ1) is 16.2. The summed E-state index contributed by atoms with van der Waals surface area (Å²) < 4.78 is 25.5. The number of hydrogen-bond acceptors (Lipinski definition) is 3. The number of alkyl halides is 2. The van der Waals surface area contributed by atoms with Crippen LogP contribution in [-0.4, -0.2) is 53.4 Å². The molecule has 6 atom stereocenters. The molecule has 0 bridgehead atoms. The van der Waals surface area contributed by atoms with Gasteiger partial charge in [-0.25, -0.2) is 8.78 Å². The van der Waals surface area contributed by atoms with Crippen LogP contribution in [0.25, 0.3) is 0 Å². The van der Waals surface area contributed by atoms with E-state index < -0.39 is 18.6 Å². The fraction of sp³-hybridized carbons (Fsp3) is 0.793. The quantitative estimate of drug-likeness (QED) is 0.452. The highest BCUT2D eigenvalue weighted by atomic mass is 19.3. The van der Waals surface area contributed by atoms with Crippen LogP contribution in [0.15, 0.2) is 35.5 Å². The average molecular weight is 478 g/mol. The molecular weight excluding hydrogens is 432 g/mol. The lowest BCUT2D eigenvalue weighted by atomic mass is 9.61. The van der Waals surface area contributed by atoms with Gasteiger partial charge in [0.2, 0.25) is 6.43 Å². The first-order valence-corrected chi connectivity index (χ1v) is 13.6. The molecule has 4 rings (SSSR count). The van der Waals surface area contributed by atoms with E-state index in [9.17, 15) is 19.0 Å². The number of aliphatic hydroxyl groups is 2. The molecule has 0 aromatic heterocycles. The fourth-order valence-electron chi connectivity index (χ4n) is 7.83. The van der Waals surface area contributed by atoms with Crippen molar-refractivity contribution in [3.05, 3.63) is 35.5 Å². The Balaban J connectivity index is 1.37. The van der Waals surface area contributed by atoms with Crippen LogP contribution in [-0.2, 0) is 0 Å². The van der Waals surface area contributed by atoms with Crippen LogP contribution in [0.3, 0.4) is 0 Å². The number of fused-ring (bicyclic) bond motifs is 1. The van der Waals surface area contributed by atoms with Crippen LogP contribution in [0, 0.1) is 29.1 Å². The zero-order chi connectivity index (χ0) is 24.5. The summed E-state index contributed by atoms with van der Waals surface area (Å²) in [4.78, 5) is 2.53. The molecule has 0 amide bonds. The van der Waals surface area contributed by atoms with Crippen molar-refractivity contribution < 1.29 is 19.0 Å². The molecule has 0 aromatic rings. The number of aliphatic hydroxyl groups excluding tert-OH is 2. The Morgan fingerprint density at radius 2 is 1.76 bits per heavy atom. The van der Waals surface area contributed by atoms with Crippen LogP contribution >= 0.6 is 0 Å². The number of halogens is 2. The third kappa shape index (κ3) is 5.68. The minimum absolute atomic E-state index is 0.0731. The molecule has 3 aliphatic carbocycles. The molecule has 0 spiro atoms. The maximum atomic E-state index is 12.7. The number of rotatable bonds is 6. The molecule has 0 radical (unpaired) electrons. The molecule has 2 N–H and O–H groups in total. The standard InChI is InChI=1S/C29H45F2NO2/c1-19(18-32-13-10-21(11-14-32)17-28(30)31)24-8-9-25-23(5-4-12-29(24,25)3)7-6-22-15-26(33)20(2)27(34)16-22/h6-7,19,21,24-28,33-34H,2,4-5,8-18H2,1,3H3/b23-7+/t19?,24-,25+,26-,27-,29-/m1/s1. The fourth-order valence-corrected chi connectivity index (χ4v) is 7.83. The van der Waals surface area contributed by atoms with Crippen molar-refractivity contribution in [2.45, 2.75) is 96.7 Å². The number of likely N-dealkylation sites (tertiary alicyclic amines) is 1. The topological polar surface area (TPSA) is 43.7 Å². The Hall–Kier alpha value is -1.04. The molecule has 3 nitrogen and oxygen atoms in total. The van der Waals surface area contributed by atoms with Gasteiger partial charge in [0.15, 0.2) is 0 Å². The summed E-state index contributed by atoms with van der Waals surface area (Å²) in [6.07, 6.45) is 10.3. The summed E-state index contributed by atoms with van der Waals surface area (Å²) >= 11 is 0. The van der Waals surface area contributed by atoms with Crippen LogP contribution in [0.4, 0.5) is 8.78 Å². The van der Waals surface area contributed by atoms with Gasteiger partial charge in [-0.2, -0.15) is 0 Å².